The molecule has 1 saturated heterocycles. The summed E-state index contributed by atoms with van der Waals surface area (Å²) in [4.78, 5) is 23.2. The summed E-state index contributed by atoms with van der Waals surface area (Å²) in [6, 6.07) is 5.20. The van der Waals surface area contributed by atoms with Crippen molar-refractivity contribution in [2.24, 2.45) is 0 Å². The second kappa shape index (κ2) is 7.82. The van der Waals surface area contributed by atoms with Crippen LogP contribution in [0.4, 0.5) is 0 Å². The average molecular weight is 323 g/mol. The fourth-order valence-corrected chi connectivity index (χ4v) is 2.29. The minimum atomic E-state index is -0.745. The number of likely N-dealkylation sites (tertiary alicyclic amines) is 1. The number of hydrogen-bond donors (Lipinski definition) is 2. The predicted molar refractivity (Wildman–Crippen MR) is 81.9 cm³/mol. The van der Waals surface area contributed by atoms with Crippen molar-refractivity contribution in [2.75, 3.05) is 26.3 Å². The number of aliphatic hydroxyl groups excluding tert-OH is 1. The van der Waals surface area contributed by atoms with Crippen molar-refractivity contribution in [1.82, 2.24) is 4.90 Å². The third-order valence-corrected chi connectivity index (χ3v) is 3.54. The van der Waals surface area contributed by atoms with Crippen molar-refractivity contribution >= 4 is 11.9 Å². The molecule has 1 atom stereocenters. The Morgan fingerprint density at radius 2 is 1.91 bits per heavy atom. The maximum absolute atomic E-state index is 12.2. The molecule has 2 aliphatic rings. The highest BCUT2D eigenvalue weighted by molar-refractivity contribution is 5.95. The van der Waals surface area contributed by atoms with Gasteiger partial charge < -0.3 is 24.6 Å². The van der Waals surface area contributed by atoms with Gasteiger partial charge in [0, 0.05) is 25.1 Å². The second-order valence-corrected chi connectivity index (χ2v) is 5.30. The Hall–Kier alpha value is -2.28. The number of carboxylic acids is 1. The lowest BCUT2D eigenvalue weighted by molar-refractivity contribution is -0.136. The smallest absolute Gasteiger partial charge is 0.303 e. The molecule has 0 radical (unpaired) electrons. The lowest BCUT2D eigenvalue weighted by atomic mass is 10.1. The largest absolute Gasteiger partial charge is 0.486 e. The SMILES string of the molecule is CCC(=O)O.O=C(c1ccc2c(c1)OCCO2)N1CCC(O)C1. The van der Waals surface area contributed by atoms with Crippen molar-refractivity contribution in [2.45, 2.75) is 25.9 Å². The molecule has 1 aromatic carbocycles. The maximum atomic E-state index is 12.2. The van der Waals surface area contributed by atoms with Gasteiger partial charge in [-0.2, -0.15) is 0 Å². The van der Waals surface area contributed by atoms with Crippen molar-refractivity contribution in [1.29, 1.82) is 0 Å². The van der Waals surface area contributed by atoms with Gasteiger partial charge in [0.15, 0.2) is 11.5 Å². The Morgan fingerprint density at radius 3 is 2.48 bits per heavy atom. The zero-order valence-electron chi connectivity index (χ0n) is 13.0. The van der Waals surface area contributed by atoms with Gasteiger partial charge >= 0.3 is 5.97 Å². The number of β-amino-alcohol motifs (C(OH)–C–C–N with tert-alkyl or cyclic N) is 1. The number of ether oxygens (including phenoxy) is 2. The van der Waals surface area contributed by atoms with Crippen LogP contribution in [0.25, 0.3) is 0 Å². The lowest BCUT2D eigenvalue weighted by Gasteiger charge is -2.20. The van der Waals surface area contributed by atoms with Crippen LogP contribution in [0, 0.1) is 0 Å². The van der Waals surface area contributed by atoms with E-state index in [-0.39, 0.29) is 12.3 Å². The third kappa shape index (κ3) is 4.59. The molecule has 2 aliphatic heterocycles. The molecule has 126 valence electrons. The fourth-order valence-electron chi connectivity index (χ4n) is 2.29. The minimum absolute atomic E-state index is 0.0662. The molecule has 2 heterocycles. The summed E-state index contributed by atoms with van der Waals surface area (Å²) in [6.07, 6.45) is 0.474. The van der Waals surface area contributed by atoms with Gasteiger partial charge in [0.05, 0.1) is 6.10 Å². The lowest BCUT2D eigenvalue weighted by Crippen LogP contribution is -2.29. The number of nitrogens with zero attached hydrogens (tertiary/aromatic N) is 1. The highest BCUT2D eigenvalue weighted by Gasteiger charge is 2.26. The van der Waals surface area contributed by atoms with Gasteiger partial charge in [-0.3, -0.25) is 9.59 Å². The first-order valence-corrected chi connectivity index (χ1v) is 7.60. The van der Waals surface area contributed by atoms with Gasteiger partial charge in [-0.15, -0.1) is 0 Å². The topological polar surface area (TPSA) is 96.3 Å². The number of aliphatic hydroxyl groups is 1. The molecule has 3 rings (SSSR count). The molecule has 0 spiro atoms. The molecule has 23 heavy (non-hydrogen) atoms. The van der Waals surface area contributed by atoms with E-state index in [1.165, 1.54) is 0 Å². The number of aliphatic carboxylic acids is 1. The molecule has 2 N–H and O–H groups in total. The van der Waals surface area contributed by atoms with Gasteiger partial charge in [0.1, 0.15) is 13.2 Å². The van der Waals surface area contributed by atoms with E-state index in [4.69, 9.17) is 14.6 Å². The summed E-state index contributed by atoms with van der Waals surface area (Å²) >= 11 is 0. The van der Waals surface area contributed by atoms with Crippen LogP contribution in [-0.4, -0.2) is 59.4 Å². The van der Waals surface area contributed by atoms with Crippen molar-refractivity contribution < 1.29 is 29.3 Å². The second-order valence-electron chi connectivity index (χ2n) is 5.30. The van der Waals surface area contributed by atoms with Crippen LogP contribution >= 0.6 is 0 Å². The Kier molecular flexibility index (Phi) is 5.81. The maximum Gasteiger partial charge on any atom is 0.303 e. The molecule has 7 heteroatoms. The summed E-state index contributed by atoms with van der Waals surface area (Å²) in [6.45, 7) is 3.66. The molecule has 0 aromatic heterocycles. The molecular weight excluding hydrogens is 302 g/mol. The first-order valence-electron chi connectivity index (χ1n) is 7.60. The minimum Gasteiger partial charge on any atom is -0.486 e. The van der Waals surface area contributed by atoms with Gasteiger partial charge in [0.25, 0.3) is 5.91 Å². The number of hydrogen-bond acceptors (Lipinski definition) is 5. The fraction of sp³-hybridized carbons (Fsp3) is 0.500. The Bertz CT molecular complexity index is 574. The van der Waals surface area contributed by atoms with E-state index in [0.29, 0.717) is 49.8 Å². The zero-order valence-corrected chi connectivity index (χ0v) is 13.0. The van der Waals surface area contributed by atoms with E-state index in [0.717, 1.165) is 0 Å². The number of carbonyl (C=O) groups is 2. The first kappa shape index (κ1) is 17.1. The van der Waals surface area contributed by atoms with Crippen LogP contribution in [0.5, 0.6) is 11.5 Å². The van der Waals surface area contributed by atoms with Crippen molar-refractivity contribution in [3.8, 4) is 11.5 Å². The van der Waals surface area contributed by atoms with Crippen molar-refractivity contribution in [3.63, 3.8) is 0 Å². The first-order chi connectivity index (χ1) is 11.0. The standard InChI is InChI=1S/C13H15NO4.C3H6O2/c15-10-3-4-14(8-10)13(16)9-1-2-11-12(7-9)18-6-5-17-11;1-2-3(4)5/h1-2,7,10,15H,3-6,8H2;2H2,1H3,(H,4,5). The highest BCUT2D eigenvalue weighted by atomic mass is 16.6. The highest BCUT2D eigenvalue weighted by Crippen LogP contribution is 2.31. The molecule has 0 bridgehead atoms. The molecule has 1 fully saturated rings. The van der Waals surface area contributed by atoms with Crippen LogP contribution in [0.1, 0.15) is 30.1 Å². The molecule has 1 aromatic rings. The number of carboxylic acid groups (broad SMARTS) is 1. The summed E-state index contributed by atoms with van der Waals surface area (Å²) in [5, 5.41) is 17.2. The van der Waals surface area contributed by atoms with E-state index >= 15 is 0 Å². The van der Waals surface area contributed by atoms with Gasteiger partial charge in [-0.25, -0.2) is 0 Å². The summed E-state index contributed by atoms with van der Waals surface area (Å²) < 4.78 is 10.9. The monoisotopic (exact) mass is 323 g/mol. The molecule has 1 amide bonds. The van der Waals surface area contributed by atoms with Crippen LogP contribution in [0.15, 0.2) is 18.2 Å². The van der Waals surface area contributed by atoms with E-state index < -0.39 is 12.1 Å². The molecule has 0 aliphatic carbocycles. The van der Waals surface area contributed by atoms with Crippen LogP contribution in [0.3, 0.4) is 0 Å². The van der Waals surface area contributed by atoms with E-state index in [9.17, 15) is 14.7 Å². The zero-order chi connectivity index (χ0) is 16.8. The number of benzene rings is 1. The van der Waals surface area contributed by atoms with Gasteiger partial charge in [-0.1, -0.05) is 6.92 Å². The van der Waals surface area contributed by atoms with Crippen LogP contribution in [-0.2, 0) is 4.79 Å². The number of carbonyl (C=O) groups excluding carboxylic acids is 1. The van der Waals surface area contributed by atoms with E-state index in [2.05, 4.69) is 0 Å². The summed E-state index contributed by atoms with van der Waals surface area (Å²) in [7, 11) is 0. The van der Waals surface area contributed by atoms with Crippen LogP contribution in [0.2, 0.25) is 0 Å². The van der Waals surface area contributed by atoms with E-state index in [1.54, 1.807) is 30.0 Å². The normalized spacial score (nSPS) is 18.9. The number of amides is 1. The quantitative estimate of drug-likeness (QED) is 0.847. The molecule has 7 nitrogen and oxygen atoms in total. The van der Waals surface area contributed by atoms with Crippen molar-refractivity contribution in [3.05, 3.63) is 23.8 Å². The Labute approximate surface area is 134 Å². The number of fused-ring (bicyclic) bond motifs is 1. The molecular formula is C16H21NO6. The predicted octanol–water partition coefficient (Wildman–Crippen LogP) is 1.15. The Balaban J connectivity index is 0.000000338. The summed E-state index contributed by atoms with van der Waals surface area (Å²) in [5.41, 5.74) is 0.577. The number of rotatable bonds is 2. The van der Waals surface area contributed by atoms with Gasteiger partial charge in [0.2, 0.25) is 0 Å². The molecule has 1 unspecified atom stereocenters. The summed E-state index contributed by atoms with van der Waals surface area (Å²) in [5.74, 6) is 0.486. The average Bonchev–Trinajstić information content (AvgIpc) is 3.00. The van der Waals surface area contributed by atoms with Gasteiger partial charge in [-0.05, 0) is 24.6 Å². The van der Waals surface area contributed by atoms with Crippen LogP contribution < -0.4 is 9.47 Å². The third-order valence-electron chi connectivity index (χ3n) is 3.54. The van der Waals surface area contributed by atoms with E-state index in [1.807, 2.05) is 0 Å². The Morgan fingerprint density at radius 1 is 1.26 bits per heavy atom. The molecule has 0 saturated carbocycles.